The van der Waals surface area contributed by atoms with Gasteiger partial charge >= 0.3 is 5.97 Å². The molecule has 5 fully saturated rings. The minimum absolute atomic E-state index is 0.147. The van der Waals surface area contributed by atoms with E-state index in [1.807, 2.05) is 0 Å². The number of ether oxygens (including phenoxy) is 1. The van der Waals surface area contributed by atoms with E-state index in [2.05, 4.69) is 12.2 Å². The van der Waals surface area contributed by atoms with Crippen molar-refractivity contribution in [2.24, 2.45) is 53.3 Å². The molecular weight excluding hydrogens is 272 g/mol. The zero-order chi connectivity index (χ0) is 14.4. The number of fused-ring (bicyclic) bond motifs is 11. The van der Waals surface area contributed by atoms with Crippen molar-refractivity contribution < 1.29 is 9.53 Å². The van der Waals surface area contributed by atoms with Gasteiger partial charge in [0.05, 0.1) is 5.92 Å². The van der Waals surface area contributed by atoms with Crippen molar-refractivity contribution in [2.75, 3.05) is 0 Å². The summed E-state index contributed by atoms with van der Waals surface area (Å²) < 4.78 is 6.12. The van der Waals surface area contributed by atoms with E-state index in [1.165, 1.54) is 38.5 Å². The molecule has 22 heavy (non-hydrogen) atoms. The molecule has 5 saturated carbocycles. The smallest absolute Gasteiger partial charge is 0.309 e. The number of hydrogen-bond donors (Lipinski definition) is 0. The molecule has 6 aliphatic carbocycles. The fourth-order valence-corrected chi connectivity index (χ4v) is 7.93. The van der Waals surface area contributed by atoms with Crippen LogP contribution in [0.25, 0.3) is 0 Å². The highest BCUT2D eigenvalue weighted by atomic mass is 16.5. The maximum atomic E-state index is 12.7. The first-order valence-electron chi connectivity index (χ1n) is 9.66. The van der Waals surface area contributed by atoms with Gasteiger partial charge in [0.2, 0.25) is 0 Å². The topological polar surface area (TPSA) is 26.3 Å². The van der Waals surface area contributed by atoms with Gasteiger partial charge in [0.1, 0.15) is 6.10 Å². The van der Waals surface area contributed by atoms with Crippen molar-refractivity contribution in [1.82, 2.24) is 0 Å². The Bertz CT molecular complexity index is 552. The molecule has 0 aliphatic heterocycles. The molecule has 0 radical (unpaired) electrons. The third-order valence-electron chi connectivity index (χ3n) is 8.52. The van der Waals surface area contributed by atoms with E-state index in [0.717, 1.165) is 41.9 Å². The quantitative estimate of drug-likeness (QED) is 0.440. The Kier molecular flexibility index (Phi) is 2.40. The van der Waals surface area contributed by atoms with Crippen LogP contribution in [0, 0.1) is 53.3 Å². The number of esters is 1. The molecule has 6 bridgehead atoms. The fourth-order valence-electron chi connectivity index (χ4n) is 7.93. The molecule has 0 saturated heterocycles. The highest BCUT2D eigenvalue weighted by Gasteiger charge is 2.63. The van der Waals surface area contributed by atoms with Crippen LogP contribution in [0.5, 0.6) is 0 Å². The van der Waals surface area contributed by atoms with Crippen molar-refractivity contribution in [3.05, 3.63) is 12.2 Å². The summed E-state index contributed by atoms with van der Waals surface area (Å²) in [7, 11) is 0. The van der Waals surface area contributed by atoms with E-state index in [9.17, 15) is 4.79 Å². The molecule has 2 heteroatoms. The van der Waals surface area contributed by atoms with Crippen LogP contribution in [-0.2, 0) is 9.53 Å². The molecule has 0 spiro atoms. The summed E-state index contributed by atoms with van der Waals surface area (Å²) >= 11 is 0. The predicted octanol–water partition coefficient (Wildman–Crippen LogP) is 3.81. The van der Waals surface area contributed by atoms with Crippen LogP contribution in [0.15, 0.2) is 12.2 Å². The summed E-state index contributed by atoms with van der Waals surface area (Å²) in [5, 5.41) is 0. The minimum atomic E-state index is 0.147. The van der Waals surface area contributed by atoms with Crippen LogP contribution in [0.3, 0.4) is 0 Å². The normalized spacial score (nSPS) is 59.5. The van der Waals surface area contributed by atoms with Crippen molar-refractivity contribution in [2.45, 2.75) is 51.0 Å². The Labute approximate surface area is 132 Å². The highest BCUT2D eigenvalue weighted by Crippen LogP contribution is 2.67. The van der Waals surface area contributed by atoms with Gasteiger partial charge in [-0.2, -0.15) is 0 Å². The number of rotatable bonds is 2. The second-order valence-electron chi connectivity index (χ2n) is 9.25. The van der Waals surface area contributed by atoms with Gasteiger partial charge in [-0.3, -0.25) is 4.79 Å². The van der Waals surface area contributed by atoms with Crippen LogP contribution >= 0.6 is 0 Å². The highest BCUT2D eigenvalue weighted by molar-refractivity contribution is 5.74. The summed E-state index contributed by atoms with van der Waals surface area (Å²) in [6, 6.07) is 0. The lowest BCUT2D eigenvalue weighted by Gasteiger charge is -2.38. The SMILES string of the molecule is O=C(OC1CC2CC1C1C3CCC(C3)C21)C1CC2C=CC1C2. The second kappa shape index (κ2) is 4.19. The van der Waals surface area contributed by atoms with Crippen LogP contribution < -0.4 is 0 Å². The second-order valence-corrected chi connectivity index (χ2v) is 9.25. The number of carbonyl (C=O) groups excluding carboxylic acids is 1. The maximum Gasteiger partial charge on any atom is 0.309 e. The molecule has 118 valence electrons. The van der Waals surface area contributed by atoms with Crippen molar-refractivity contribution in [3.63, 3.8) is 0 Å². The Morgan fingerprint density at radius 2 is 1.73 bits per heavy atom. The zero-order valence-corrected chi connectivity index (χ0v) is 13.2. The lowest BCUT2D eigenvalue weighted by atomic mass is 9.70. The molecule has 0 heterocycles. The van der Waals surface area contributed by atoms with Gasteiger partial charge in [0.15, 0.2) is 0 Å². The summed E-state index contributed by atoms with van der Waals surface area (Å²) in [5.41, 5.74) is 0. The summed E-state index contributed by atoms with van der Waals surface area (Å²) in [6.45, 7) is 0. The van der Waals surface area contributed by atoms with Gasteiger partial charge in [0.25, 0.3) is 0 Å². The Morgan fingerprint density at radius 1 is 0.864 bits per heavy atom. The van der Waals surface area contributed by atoms with Crippen molar-refractivity contribution >= 4 is 5.97 Å². The third-order valence-corrected chi connectivity index (χ3v) is 8.52. The van der Waals surface area contributed by atoms with Crippen molar-refractivity contribution in [1.29, 1.82) is 0 Å². The molecule has 0 amide bonds. The molecule has 6 rings (SSSR count). The van der Waals surface area contributed by atoms with E-state index in [0.29, 0.717) is 11.8 Å². The van der Waals surface area contributed by atoms with E-state index < -0.39 is 0 Å². The standard InChI is InChI=1S/C20H26O2/c21-20(15-6-10-1-2-11(15)5-10)22-17-9-14-8-16(17)19-13-4-3-12(7-13)18(14)19/h1-2,10-19H,3-9H2. The molecular formula is C20H26O2. The van der Waals surface area contributed by atoms with Crippen LogP contribution in [0.4, 0.5) is 0 Å². The van der Waals surface area contributed by atoms with Crippen LogP contribution in [-0.4, -0.2) is 12.1 Å². The molecule has 0 aromatic rings. The number of allylic oxidation sites excluding steroid dienone is 2. The first-order chi connectivity index (χ1) is 10.8. The zero-order valence-electron chi connectivity index (χ0n) is 13.2. The molecule has 0 aromatic carbocycles. The van der Waals surface area contributed by atoms with E-state index in [-0.39, 0.29) is 18.0 Å². The Hall–Kier alpha value is -0.790. The maximum absolute atomic E-state index is 12.7. The predicted molar refractivity (Wildman–Crippen MR) is 82.7 cm³/mol. The van der Waals surface area contributed by atoms with Crippen LogP contribution in [0.2, 0.25) is 0 Å². The average molecular weight is 298 g/mol. The monoisotopic (exact) mass is 298 g/mol. The van der Waals surface area contributed by atoms with Gasteiger partial charge in [-0.25, -0.2) is 0 Å². The largest absolute Gasteiger partial charge is 0.462 e. The Morgan fingerprint density at radius 3 is 2.50 bits per heavy atom. The van der Waals surface area contributed by atoms with E-state index in [4.69, 9.17) is 4.74 Å². The van der Waals surface area contributed by atoms with Gasteiger partial charge in [-0.1, -0.05) is 12.2 Å². The van der Waals surface area contributed by atoms with Gasteiger partial charge in [-0.05, 0) is 92.3 Å². The summed E-state index contributed by atoms with van der Waals surface area (Å²) in [4.78, 5) is 12.7. The lowest BCUT2D eigenvalue weighted by Crippen LogP contribution is -2.38. The van der Waals surface area contributed by atoms with Gasteiger partial charge in [-0.15, -0.1) is 0 Å². The summed E-state index contributed by atoms with van der Waals surface area (Å²) in [5.74, 6) is 7.07. The van der Waals surface area contributed by atoms with Crippen molar-refractivity contribution in [3.8, 4) is 0 Å². The van der Waals surface area contributed by atoms with Gasteiger partial charge in [0, 0.05) is 0 Å². The molecule has 2 nitrogen and oxygen atoms in total. The molecule has 10 unspecified atom stereocenters. The first kappa shape index (κ1) is 12.6. The number of carbonyl (C=O) groups is 1. The molecule has 0 N–H and O–H groups in total. The fraction of sp³-hybridized carbons (Fsp3) is 0.850. The molecule has 10 atom stereocenters. The van der Waals surface area contributed by atoms with Gasteiger partial charge < -0.3 is 4.74 Å². The first-order valence-corrected chi connectivity index (χ1v) is 9.66. The Balaban J connectivity index is 1.18. The third kappa shape index (κ3) is 1.50. The van der Waals surface area contributed by atoms with E-state index >= 15 is 0 Å². The molecule has 6 aliphatic rings. The average Bonchev–Trinajstić information content (AvgIpc) is 3.31. The summed E-state index contributed by atoms with van der Waals surface area (Å²) in [6.07, 6.45) is 14.1. The van der Waals surface area contributed by atoms with Crippen LogP contribution in [0.1, 0.15) is 44.9 Å². The minimum Gasteiger partial charge on any atom is -0.462 e. The molecule has 0 aromatic heterocycles. The number of hydrogen-bond acceptors (Lipinski definition) is 2. The lowest BCUT2D eigenvalue weighted by molar-refractivity contribution is -0.160. The van der Waals surface area contributed by atoms with E-state index in [1.54, 1.807) is 0 Å².